The van der Waals surface area contributed by atoms with Crippen molar-refractivity contribution < 1.29 is 13.9 Å². The van der Waals surface area contributed by atoms with Crippen LogP contribution in [-0.4, -0.2) is 24.7 Å². The quantitative estimate of drug-likeness (QED) is 0.847. The van der Waals surface area contributed by atoms with E-state index in [9.17, 15) is 4.79 Å². The summed E-state index contributed by atoms with van der Waals surface area (Å²) >= 11 is 0. The zero-order valence-corrected chi connectivity index (χ0v) is 11.1. The Morgan fingerprint density at radius 3 is 2.78 bits per heavy atom. The fourth-order valence-electron chi connectivity index (χ4n) is 2.26. The van der Waals surface area contributed by atoms with Gasteiger partial charge in [0.05, 0.1) is 12.6 Å². The van der Waals surface area contributed by atoms with Crippen LogP contribution in [0.3, 0.4) is 0 Å². The van der Waals surface area contributed by atoms with Crippen LogP contribution >= 0.6 is 0 Å². The summed E-state index contributed by atoms with van der Waals surface area (Å²) in [7, 11) is 0. The van der Waals surface area contributed by atoms with Crippen LogP contribution in [0.1, 0.15) is 36.5 Å². The van der Waals surface area contributed by atoms with Crippen LogP contribution in [0.4, 0.5) is 0 Å². The highest BCUT2D eigenvalue weighted by Gasteiger charge is 2.38. The van der Waals surface area contributed by atoms with Crippen LogP contribution < -0.4 is 11.1 Å². The highest BCUT2D eigenvalue weighted by Crippen LogP contribution is 2.23. The van der Waals surface area contributed by atoms with E-state index in [-0.39, 0.29) is 18.6 Å². The molecule has 1 aromatic heterocycles. The lowest BCUT2D eigenvalue weighted by Gasteiger charge is -2.23. The van der Waals surface area contributed by atoms with Crippen molar-refractivity contribution in [2.45, 2.75) is 38.8 Å². The Bertz CT molecular complexity index is 447. The average molecular weight is 252 g/mol. The van der Waals surface area contributed by atoms with Gasteiger partial charge in [-0.15, -0.1) is 0 Å². The van der Waals surface area contributed by atoms with Gasteiger partial charge in [0.1, 0.15) is 17.1 Å². The predicted molar refractivity (Wildman–Crippen MR) is 67.1 cm³/mol. The van der Waals surface area contributed by atoms with E-state index in [1.165, 1.54) is 0 Å². The second-order valence-electron chi connectivity index (χ2n) is 5.02. The summed E-state index contributed by atoms with van der Waals surface area (Å²) in [5.74, 6) is 1.51. The molecular formula is C13H20N2O3. The number of furan rings is 1. The third kappa shape index (κ3) is 2.42. The zero-order chi connectivity index (χ0) is 13.3. The van der Waals surface area contributed by atoms with Crippen molar-refractivity contribution in [3.05, 3.63) is 23.2 Å². The minimum Gasteiger partial charge on any atom is -0.466 e. The number of carbonyl (C=O) groups is 1. The number of amides is 1. The van der Waals surface area contributed by atoms with Gasteiger partial charge in [0, 0.05) is 12.2 Å². The van der Waals surface area contributed by atoms with Crippen molar-refractivity contribution in [2.24, 2.45) is 5.73 Å². The van der Waals surface area contributed by atoms with Gasteiger partial charge in [0.15, 0.2) is 0 Å². The first-order valence-corrected chi connectivity index (χ1v) is 6.17. The molecule has 2 heterocycles. The number of nitrogens with two attached hydrogens (primary N) is 1. The summed E-state index contributed by atoms with van der Waals surface area (Å²) in [6, 6.07) is 1.82. The minimum absolute atomic E-state index is 0.115. The van der Waals surface area contributed by atoms with Gasteiger partial charge < -0.3 is 20.2 Å². The molecule has 2 rings (SSSR count). The molecule has 1 amide bonds. The average Bonchev–Trinajstić information content (AvgIpc) is 2.86. The number of ether oxygens (including phenoxy) is 1. The molecule has 0 aromatic carbocycles. The van der Waals surface area contributed by atoms with Crippen molar-refractivity contribution >= 4 is 5.91 Å². The molecule has 1 aromatic rings. The van der Waals surface area contributed by atoms with Gasteiger partial charge in [-0.05, 0) is 33.3 Å². The number of carbonyl (C=O) groups excluding carboxylic acids is 1. The largest absolute Gasteiger partial charge is 0.466 e. The van der Waals surface area contributed by atoms with Gasteiger partial charge >= 0.3 is 0 Å². The molecule has 0 radical (unpaired) electrons. The molecule has 18 heavy (non-hydrogen) atoms. The molecule has 1 fully saturated rings. The predicted octanol–water partition coefficient (Wildman–Crippen LogP) is 1.19. The van der Waals surface area contributed by atoms with Gasteiger partial charge in [-0.3, -0.25) is 4.79 Å². The van der Waals surface area contributed by atoms with Crippen molar-refractivity contribution in [3.8, 4) is 0 Å². The third-order valence-electron chi connectivity index (χ3n) is 3.40. The lowest BCUT2D eigenvalue weighted by Crippen LogP contribution is -2.54. The normalized spacial score (nSPS) is 25.1. The first-order valence-electron chi connectivity index (χ1n) is 6.17. The number of nitrogens with one attached hydrogen (secondary N) is 1. The van der Waals surface area contributed by atoms with Crippen molar-refractivity contribution in [1.82, 2.24) is 5.32 Å². The molecule has 100 valence electrons. The van der Waals surface area contributed by atoms with Crippen molar-refractivity contribution in [2.75, 3.05) is 13.2 Å². The van der Waals surface area contributed by atoms with Crippen LogP contribution in [0.25, 0.3) is 0 Å². The molecule has 0 bridgehead atoms. The maximum Gasteiger partial charge on any atom is 0.243 e. The van der Waals surface area contributed by atoms with Crippen LogP contribution in [0.15, 0.2) is 10.5 Å². The van der Waals surface area contributed by atoms with Crippen molar-refractivity contribution in [1.29, 1.82) is 0 Å². The maximum absolute atomic E-state index is 12.1. The number of rotatable bonds is 3. The van der Waals surface area contributed by atoms with Gasteiger partial charge in [-0.1, -0.05) is 0 Å². The van der Waals surface area contributed by atoms with Gasteiger partial charge in [-0.2, -0.15) is 0 Å². The van der Waals surface area contributed by atoms with E-state index in [0.29, 0.717) is 13.0 Å². The Hall–Kier alpha value is -1.33. The summed E-state index contributed by atoms with van der Waals surface area (Å²) < 4.78 is 10.7. The highest BCUT2D eigenvalue weighted by molar-refractivity contribution is 5.86. The Morgan fingerprint density at radius 1 is 1.56 bits per heavy atom. The van der Waals surface area contributed by atoms with Crippen molar-refractivity contribution in [3.63, 3.8) is 0 Å². The second-order valence-corrected chi connectivity index (χ2v) is 5.02. The van der Waals surface area contributed by atoms with E-state index in [4.69, 9.17) is 14.9 Å². The molecule has 0 saturated carbocycles. The molecule has 1 aliphatic rings. The molecule has 0 spiro atoms. The molecule has 5 heteroatoms. The summed E-state index contributed by atoms with van der Waals surface area (Å²) in [5, 5.41) is 2.93. The van der Waals surface area contributed by atoms with Crippen LogP contribution in [0.2, 0.25) is 0 Å². The summed E-state index contributed by atoms with van der Waals surface area (Å²) in [4.78, 5) is 12.1. The number of hydrogen-bond donors (Lipinski definition) is 2. The monoisotopic (exact) mass is 252 g/mol. The van der Waals surface area contributed by atoms with E-state index >= 15 is 0 Å². The molecule has 2 unspecified atom stereocenters. The molecule has 5 nitrogen and oxygen atoms in total. The maximum atomic E-state index is 12.1. The lowest BCUT2D eigenvalue weighted by atomic mass is 9.98. The Kier molecular flexibility index (Phi) is 3.45. The molecule has 1 aliphatic heterocycles. The fourth-order valence-corrected chi connectivity index (χ4v) is 2.26. The molecular weight excluding hydrogens is 232 g/mol. The Balaban J connectivity index is 2.05. The fraction of sp³-hybridized carbons (Fsp3) is 0.615. The van der Waals surface area contributed by atoms with Gasteiger partial charge in [0.2, 0.25) is 5.91 Å². The Morgan fingerprint density at radius 2 is 2.28 bits per heavy atom. The van der Waals surface area contributed by atoms with E-state index in [2.05, 4.69) is 5.32 Å². The Labute approximate surface area is 107 Å². The zero-order valence-electron chi connectivity index (χ0n) is 11.1. The van der Waals surface area contributed by atoms with E-state index < -0.39 is 5.54 Å². The summed E-state index contributed by atoms with van der Waals surface area (Å²) in [6.45, 7) is 6.54. The number of aryl methyl sites for hydroxylation is 2. The second kappa shape index (κ2) is 4.74. The van der Waals surface area contributed by atoms with Crippen LogP contribution in [0, 0.1) is 13.8 Å². The van der Waals surface area contributed by atoms with E-state index in [1.54, 1.807) is 0 Å². The first kappa shape index (κ1) is 13.1. The lowest BCUT2D eigenvalue weighted by molar-refractivity contribution is -0.127. The SMILES string of the molecule is Cc1cc(C(C)NC(=O)C2(N)CCOC2)c(C)o1. The summed E-state index contributed by atoms with van der Waals surface area (Å²) in [6.07, 6.45) is 0.564. The van der Waals surface area contributed by atoms with Gasteiger partial charge in [-0.25, -0.2) is 0 Å². The highest BCUT2D eigenvalue weighted by atomic mass is 16.5. The van der Waals surface area contributed by atoms with E-state index in [0.717, 1.165) is 17.1 Å². The van der Waals surface area contributed by atoms with Crippen LogP contribution in [0.5, 0.6) is 0 Å². The smallest absolute Gasteiger partial charge is 0.243 e. The summed E-state index contributed by atoms with van der Waals surface area (Å²) in [5.41, 5.74) is 6.11. The molecule has 3 N–H and O–H groups in total. The van der Waals surface area contributed by atoms with Gasteiger partial charge in [0.25, 0.3) is 0 Å². The minimum atomic E-state index is -0.888. The van der Waals surface area contributed by atoms with E-state index in [1.807, 2.05) is 26.8 Å². The third-order valence-corrected chi connectivity index (χ3v) is 3.40. The standard InChI is InChI=1S/C13H20N2O3/c1-8-6-11(10(3)18-8)9(2)15-12(16)13(14)4-5-17-7-13/h6,9H,4-5,7,14H2,1-3H3,(H,15,16). The molecule has 1 saturated heterocycles. The number of hydrogen-bond acceptors (Lipinski definition) is 4. The topological polar surface area (TPSA) is 77.5 Å². The first-order chi connectivity index (χ1) is 8.42. The molecule has 2 atom stereocenters. The van der Waals surface area contributed by atoms with Crippen LogP contribution in [-0.2, 0) is 9.53 Å². The molecule has 0 aliphatic carbocycles.